The monoisotopic (exact) mass is 314 g/mol. The smallest absolute Gasteiger partial charge is 0.273 e. The first kappa shape index (κ1) is 16.8. The molecule has 0 bridgehead atoms. The molecule has 0 saturated carbocycles. The molecule has 1 aromatic carbocycles. The largest absolute Gasteiger partial charge is 0.466 e. The first-order valence-electron chi connectivity index (χ1n) is 7.47. The quantitative estimate of drug-likeness (QED) is 0.836. The first-order chi connectivity index (χ1) is 10.7. The molecule has 1 heterocycles. The highest BCUT2D eigenvalue weighted by atomic mass is 16.3. The van der Waals surface area contributed by atoms with Crippen LogP contribution in [0.4, 0.5) is 0 Å². The van der Waals surface area contributed by atoms with Crippen LogP contribution in [0.2, 0.25) is 0 Å². The zero-order chi connectivity index (χ0) is 17.2. The maximum absolute atomic E-state index is 12.1. The Morgan fingerprint density at radius 1 is 0.957 bits per heavy atom. The first-order valence-corrected chi connectivity index (χ1v) is 7.47. The Balaban J connectivity index is 2.00. The van der Waals surface area contributed by atoms with Crippen molar-refractivity contribution in [3.05, 3.63) is 58.5 Å². The van der Waals surface area contributed by atoms with Gasteiger partial charge in [0.15, 0.2) is 0 Å². The highest BCUT2D eigenvalue weighted by Gasteiger charge is 2.16. The Morgan fingerprint density at radius 3 is 2.00 bits per heavy atom. The number of hydrazine groups is 1. The molecule has 2 rings (SSSR count). The molecule has 0 unspecified atom stereocenters. The SMILES string of the molecule is Cc1cc(C(=O)NNC(=O)c2ccc(C(C)(C)C)cc2)c(C)o1. The standard InChI is InChI=1S/C18H22N2O3/c1-11-10-15(12(2)23-11)17(22)20-19-16(21)13-6-8-14(9-7-13)18(3,4)5/h6-10H,1-5H3,(H,19,21)(H,20,22). The zero-order valence-corrected chi connectivity index (χ0v) is 14.1. The van der Waals surface area contributed by atoms with E-state index in [1.165, 1.54) is 0 Å². The van der Waals surface area contributed by atoms with E-state index < -0.39 is 5.91 Å². The van der Waals surface area contributed by atoms with E-state index in [0.29, 0.717) is 22.6 Å². The molecular weight excluding hydrogens is 292 g/mol. The van der Waals surface area contributed by atoms with Gasteiger partial charge in [-0.3, -0.25) is 20.4 Å². The minimum absolute atomic E-state index is 0.0277. The molecule has 23 heavy (non-hydrogen) atoms. The number of carbonyl (C=O) groups excluding carboxylic acids is 2. The third-order valence-electron chi connectivity index (χ3n) is 3.59. The van der Waals surface area contributed by atoms with Gasteiger partial charge >= 0.3 is 0 Å². The molecule has 5 heteroatoms. The number of carbonyl (C=O) groups is 2. The van der Waals surface area contributed by atoms with Crippen molar-refractivity contribution in [2.75, 3.05) is 0 Å². The molecule has 0 atom stereocenters. The lowest BCUT2D eigenvalue weighted by atomic mass is 9.87. The lowest BCUT2D eigenvalue weighted by Gasteiger charge is -2.19. The van der Waals surface area contributed by atoms with Gasteiger partial charge in [-0.05, 0) is 43.0 Å². The van der Waals surface area contributed by atoms with Gasteiger partial charge in [0.2, 0.25) is 0 Å². The fourth-order valence-electron chi connectivity index (χ4n) is 2.23. The lowest BCUT2D eigenvalue weighted by molar-refractivity contribution is 0.0845. The summed E-state index contributed by atoms with van der Waals surface area (Å²) in [5.74, 6) is 0.399. The van der Waals surface area contributed by atoms with Gasteiger partial charge in [-0.1, -0.05) is 32.9 Å². The van der Waals surface area contributed by atoms with Crippen molar-refractivity contribution in [2.45, 2.75) is 40.0 Å². The van der Waals surface area contributed by atoms with Crippen LogP contribution in [0.5, 0.6) is 0 Å². The summed E-state index contributed by atoms with van der Waals surface area (Å²) in [5.41, 5.74) is 6.87. The Bertz CT molecular complexity index is 722. The van der Waals surface area contributed by atoms with E-state index in [2.05, 4.69) is 31.6 Å². The van der Waals surface area contributed by atoms with Gasteiger partial charge in [0, 0.05) is 5.56 Å². The summed E-state index contributed by atoms with van der Waals surface area (Å²) in [6, 6.07) is 8.96. The summed E-state index contributed by atoms with van der Waals surface area (Å²) in [4.78, 5) is 24.1. The maximum Gasteiger partial charge on any atom is 0.273 e. The predicted molar refractivity (Wildman–Crippen MR) is 88.3 cm³/mol. The molecule has 2 aromatic rings. The van der Waals surface area contributed by atoms with E-state index >= 15 is 0 Å². The molecule has 5 nitrogen and oxygen atoms in total. The molecule has 0 spiro atoms. The molecule has 0 aliphatic rings. The van der Waals surface area contributed by atoms with E-state index in [4.69, 9.17) is 4.42 Å². The molecule has 0 saturated heterocycles. The van der Waals surface area contributed by atoms with Crippen molar-refractivity contribution in [3.8, 4) is 0 Å². The van der Waals surface area contributed by atoms with Gasteiger partial charge in [0.1, 0.15) is 11.5 Å². The number of rotatable bonds is 2. The Hall–Kier alpha value is -2.56. The molecule has 0 aliphatic carbocycles. The number of benzene rings is 1. The summed E-state index contributed by atoms with van der Waals surface area (Å²) < 4.78 is 5.30. The van der Waals surface area contributed by atoms with Crippen LogP contribution in [0.25, 0.3) is 0 Å². The molecule has 122 valence electrons. The van der Waals surface area contributed by atoms with Crippen molar-refractivity contribution in [2.24, 2.45) is 0 Å². The molecule has 0 radical (unpaired) electrons. The van der Waals surface area contributed by atoms with Crippen molar-refractivity contribution in [3.63, 3.8) is 0 Å². The van der Waals surface area contributed by atoms with E-state index in [-0.39, 0.29) is 11.3 Å². The van der Waals surface area contributed by atoms with Gasteiger partial charge in [-0.2, -0.15) is 0 Å². The fraction of sp³-hybridized carbons (Fsp3) is 0.333. The summed E-state index contributed by atoms with van der Waals surface area (Å²) >= 11 is 0. The topological polar surface area (TPSA) is 71.3 Å². The second kappa shape index (κ2) is 6.28. The van der Waals surface area contributed by atoms with Gasteiger partial charge in [-0.25, -0.2) is 0 Å². The van der Waals surface area contributed by atoms with Crippen molar-refractivity contribution in [1.29, 1.82) is 0 Å². The van der Waals surface area contributed by atoms with E-state index in [0.717, 1.165) is 5.56 Å². The average molecular weight is 314 g/mol. The van der Waals surface area contributed by atoms with Crippen LogP contribution in [0, 0.1) is 13.8 Å². The fourth-order valence-corrected chi connectivity index (χ4v) is 2.23. The predicted octanol–water partition coefficient (Wildman–Crippen LogP) is 3.27. The van der Waals surface area contributed by atoms with Gasteiger partial charge < -0.3 is 4.42 Å². The van der Waals surface area contributed by atoms with Crippen molar-refractivity contribution < 1.29 is 14.0 Å². The van der Waals surface area contributed by atoms with Crippen molar-refractivity contribution in [1.82, 2.24) is 10.9 Å². The molecule has 0 fully saturated rings. The molecule has 0 aliphatic heterocycles. The summed E-state index contributed by atoms with van der Waals surface area (Å²) in [6.45, 7) is 9.79. The van der Waals surface area contributed by atoms with Crippen LogP contribution >= 0.6 is 0 Å². The third-order valence-corrected chi connectivity index (χ3v) is 3.59. The van der Waals surface area contributed by atoms with Crippen LogP contribution in [0.1, 0.15) is 58.6 Å². The molecule has 2 amide bonds. The molecule has 1 aromatic heterocycles. The van der Waals surface area contributed by atoms with Gasteiger partial charge in [0.25, 0.3) is 11.8 Å². The van der Waals surface area contributed by atoms with Gasteiger partial charge in [0.05, 0.1) is 5.56 Å². The zero-order valence-electron chi connectivity index (χ0n) is 14.1. The number of hydrogen-bond acceptors (Lipinski definition) is 3. The normalized spacial score (nSPS) is 11.2. The number of amides is 2. The molecular formula is C18H22N2O3. The van der Waals surface area contributed by atoms with Crippen LogP contribution in [0.15, 0.2) is 34.7 Å². The van der Waals surface area contributed by atoms with E-state index in [9.17, 15) is 9.59 Å². The maximum atomic E-state index is 12.1. The Kier molecular flexibility index (Phi) is 4.59. The summed E-state index contributed by atoms with van der Waals surface area (Å²) in [6.07, 6.45) is 0. The summed E-state index contributed by atoms with van der Waals surface area (Å²) in [5, 5.41) is 0. The Morgan fingerprint density at radius 2 is 1.52 bits per heavy atom. The van der Waals surface area contributed by atoms with Crippen LogP contribution < -0.4 is 10.9 Å². The lowest BCUT2D eigenvalue weighted by Crippen LogP contribution is -2.41. The highest BCUT2D eigenvalue weighted by Crippen LogP contribution is 2.22. The number of nitrogens with one attached hydrogen (secondary N) is 2. The summed E-state index contributed by atoms with van der Waals surface area (Å²) in [7, 11) is 0. The number of hydrogen-bond donors (Lipinski definition) is 2. The van der Waals surface area contributed by atoms with Crippen LogP contribution in [0.3, 0.4) is 0 Å². The minimum atomic E-state index is -0.404. The van der Waals surface area contributed by atoms with Crippen LogP contribution in [-0.2, 0) is 5.41 Å². The minimum Gasteiger partial charge on any atom is -0.466 e. The third kappa shape index (κ3) is 4.00. The van der Waals surface area contributed by atoms with Gasteiger partial charge in [-0.15, -0.1) is 0 Å². The van der Waals surface area contributed by atoms with Crippen LogP contribution in [-0.4, -0.2) is 11.8 Å². The van der Waals surface area contributed by atoms with E-state index in [1.807, 2.05) is 12.1 Å². The number of aryl methyl sites for hydroxylation is 2. The highest BCUT2D eigenvalue weighted by molar-refractivity contribution is 5.99. The second-order valence-electron chi connectivity index (χ2n) is 6.56. The second-order valence-corrected chi connectivity index (χ2v) is 6.56. The Labute approximate surface area is 136 Å². The molecule has 2 N–H and O–H groups in total. The van der Waals surface area contributed by atoms with Crippen molar-refractivity contribution >= 4 is 11.8 Å². The average Bonchev–Trinajstić information content (AvgIpc) is 2.82. The number of furan rings is 1. The van der Waals surface area contributed by atoms with E-state index in [1.54, 1.807) is 32.0 Å².